The number of nitrogens with zero attached hydrogens (tertiary/aromatic N) is 1. The van der Waals surface area contributed by atoms with Crippen LogP contribution in [0.15, 0.2) is 53.4 Å². The molecule has 0 aliphatic heterocycles. The van der Waals surface area contributed by atoms with Gasteiger partial charge >= 0.3 is 0 Å². The van der Waals surface area contributed by atoms with Crippen molar-refractivity contribution in [1.29, 1.82) is 0 Å². The van der Waals surface area contributed by atoms with Crippen LogP contribution in [-0.2, 0) is 10.0 Å². The van der Waals surface area contributed by atoms with Gasteiger partial charge in [0.2, 0.25) is 0 Å². The van der Waals surface area contributed by atoms with Gasteiger partial charge in [0.1, 0.15) is 5.75 Å². The molecule has 32 heavy (non-hydrogen) atoms. The number of thiophene rings is 1. The molecule has 1 aliphatic carbocycles. The van der Waals surface area contributed by atoms with Crippen molar-refractivity contribution < 1.29 is 17.9 Å². The van der Waals surface area contributed by atoms with Crippen molar-refractivity contribution in [2.45, 2.75) is 50.0 Å². The van der Waals surface area contributed by atoms with Crippen molar-refractivity contribution in [1.82, 2.24) is 5.32 Å². The second-order valence-corrected chi connectivity index (χ2v) is 10.9. The summed E-state index contributed by atoms with van der Waals surface area (Å²) >= 11 is 1.44. The number of rotatable bonds is 7. The summed E-state index contributed by atoms with van der Waals surface area (Å²) in [5.41, 5.74) is 0.577. The van der Waals surface area contributed by atoms with Crippen LogP contribution >= 0.6 is 11.3 Å². The van der Waals surface area contributed by atoms with Gasteiger partial charge in [-0.3, -0.25) is 9.10 Å². The highest BCUT2D eigenvalue weighted by Gasteiger charge is 2.24. The lowest BCUT2D eigenvalue weighted by atomic mass is 9.95. The molecule has 8 heteroatoms. The zero-order chi connectivity index (χ0) is 22.7. The van der Waals surface area contributed by atoms with Gasteiger partial charge in [0.05, 0.1) is 22.6 Å². The molecule has 3 aromatic rings. The lowest BCUT2D eigenvalue weighted by molar-refractivity contribution is 0.0932. The van der Waals surface area contributed by atoms with Gasteiger partial charge in [-0.25, -0.2) is 8.42 Å². The number of ether oxygens (including phenoxy) is 1. The standard InChI is InChI=1S/C24H28N2O4S2/c1-3-26(32(28,29)21-12-10-20(30-2)11-13-21)19-9-14-22-17(15-19)16-23(31-22)24(27)25-18-7-5-4-6-8-18/h9-16,18H,3-8H2,1-2H3,(H,25,27). The molecule has 1 aromatic heterocycles. The number of nitrogens with one attached hydrogen (secondary N) is 1. The van der Waals surface area contributed by atoms with E-state index in [1.165, 1.54) is 22.1 Å². The normalized spacial score (nSPS) is 14.9. The number of benzene rings is 2. The second-order valence-electron chi connectivity index (χ2n) is 7.99. The number of anilines is 1. The molecule has 1 heterocycles. The smallest absolute Gasteiger partial charge is 0.264 e. The fraction of sp³-hybridized carbons (Fsp3) is 0.375. The minimum Gasteiger partial charge on any atom is -0.497 e. The quantitative estimate of drug-likeness (QED) is 0.514. The molecule has 4 rings (SSSR count). The Labute approximate surface area is 193 Å². The maximum Gasteiger partial charge on any atom is 0.264 e. The predicted molar refractivity (Wildman–Crippen MR) is 129 cm³/mol. The summed E-state index contributed by atoms with van der Waals surface area (Å²) in [6, 6.07) is 14.0. The molecular weight excluding hydrogens is 444 g/mol. The molecule has 6 nitrogen and oxygen atoms in total. The number of sulfonamides is 1. The molecule has 0 spiro atoms. The van der Waals surface area contributed by atoms with E-state index in [9.17, 15) is 13.2 Å². The maximum absolute atomic E-state index is 13.3. The third kappa shape index (κ3) is 4.61. The van der Waals surface area contributed by atoms with E-state index >= 15 is 0 Å². The molecule has 0 atom stereocenters. The number of fused-ring (bicyclic) bond motifs is 1. The van der Waals surface area contributed by atoms with E-state index in [4.69, 9.17) is 4.74 Å². The Bertz CT molecular complexity index is 1200. The molecule has 1 N–H and O–H groups in total. The van der Waals surface area contributed by atoms with E-state index in [0.29, 0.717) is 22.9 Å². The van der Waals surface area contributed by atoms with Crippen LogP contribution in [0.25, 0.3) is 10.1 Å². The van der Waals surface area contributed by atoms with Crippen LogP contribution in [0.1, 0.15) is 48.7 Å². The van der Waals surface area contributed by atoms with E-state index in [-0.39, 0.29) is 16.8 Å². The van der Waals surface area contributed by atoms with E-state index < -0.39 is 10.0 Å². The molecule has 0 radical (unpaired) electrons. The third-order valence-corrected chi connectivity index (χ3v) is 8.92. The van der Waals surface area contributed by atoms with Crippen LogP contribution < -0.4 is 14.4 Å². The summed E-state index contributed by atoms with van der Waals surface area (Å²) in [5, 5.41) is 4.02. The predicted octanol–water partition coefficient (Wildman–Crippen LogP) is 5.19. The van der Waals surface area contributed by atoms with E-state index in [2.05, 4.69) is 5.32 Å². The van der Waals surface area contributed by atoms with Gasteiger partial charge in [0.15, 0.2) is 0 Å². The highest BCUT2D eigenvalue weighted by Crippen LogP contribution is 2.32. The summed E-state index contributed by atoms with van der Waals surface area (Å²) in [6.07, 6.45) is 5.64. The molecule has 1 aliphatic rings. The average Bonchev–Trinajstić information content (AvgIpc) is 3.24. The van der Waals surface area contributed by atoms with Gasteiger partial charge in [0.25, 0.3) is 15.9 Å². The molecular formula is C24H28N2O4S2. The Kier molecular flexibility index (Phi) is 6.71. The van der Waals surface area contributed by atoms with E-state index in [1.807, 2.05) is 25.1 Å². The molecule has 0 bridgehead atoms. The maximum atomic E-state index is 13.3. The van der Waals surface area contributed by atoms with E-state index in [0.717, 1.165) is 35.8 Å². The summed E-state index contributed by atoms with van der Waals surface area (Å²) in [7, 11) is -2.18. The summed E-state index contributed by atoms with van der Waals surface area (Å²) in [5.74, 6) is 0.559. The molecule has 1 saturated carbocycles. The third-order valence-electron chi connectivity index (χ3n) is 5.89. The van der Waals surface area contributed by atoms with Gasteiger partial charge in [-0.1, -0.05) is 19.3 Å². The van der Waals surface area contributed by atoms with Crippen molar-refractivity contribution in [3.05, 3.63) is 53.4 Å². The van der Waals surface area contributed by atoms with Gasteiger partial charge in [0, 0.05) is 17.3 Å². The highest BCUT2D eigenvalue weighted by molar-refractivity contribution is 7.92. The first-order valence-electron chi connectivity index (χ1n) is 10.9. The Morgan fingerprint density at radius 3 is 2.47 bits per heavy atom. The fourth-order valence-corrected chi connectivity index (χ4v) is 6.58. The van der Waals surface area contributed by atoms with Crippen LogP contribution in [-0.4, -0.2) is 34.0 Å². The van der Waals surface area contributed by atoms with Crippen molar-refractivity contribution in [2.24, 2.45) is 0 Å². The molecule has 1 fully saturated rings. The van der Waals surface area contributed by atoms with E-state index in [1.54, 1.807) is 37.4 Å². The summed E-state index contributed by atoms with van der Waals surface area (Å²) < 4.78 is 34.0. The van der Waals surface area contributed by atoms with Crippen LogP contribution in [0, 0.1) is 0 Å². The lowest BCUT2D eigenvalue weighted by Crippen LogP contribution is -2.35. The average molecular weight is 473 g/mol. The monoisotopic (exact) mass is 472 g/mol. The second kappa shape index (κ2) is 9.50. The van der Waals surface area contributed by atoms with Crippen molar-refractivity contribution >= 4 is 43.0 Å². The summed E-state index contributed by atoms with van der Waals surface area (Å²) in [4.78, 5) is 13.6. The zero-order valence-electron chi connectivity index (χ0n) is 18.3. The van der Waals surface area contributed by atoms with Crippen LogP contribution in [0.3, 0.4) is 0 Å². The first kappa shape index (κ1) is 22.6. The Hall–Kier alpha value is -2.58. The number of carbonyl (C=O) groups excluding carboxylic acids is 1. The number of amides is 1. The molecule has 0 saturated heterocycles. The van der Waals surface area contributed by atoms with Crippen molar-refractivity contribution in [2.75, 3.05) is 18.0 Å². The molecule has 1 amide bonds. The van der Waals surface area contributed by atoms with Gasteiger partial charge in [-0.2, -0.15) is 0 Å². The first-order valence-corrected chi connectivity index (χ1v) is 13.2. The number of methoxy groups -OCH3 is 1. The van der Waals surface area contributed by atoms with Gasteiger partial charge in [-0.05, 0) is 73.7 Å². The number of carbonyl (C=O) groups is 1. The van der Waals surface area contributed by atoms with Crippen molar-refractivity contribution in [3.63, 3.8) is 0 Å². The molecule has 0 unspecified atom stereocenters. The minimum atomic E-state index is -3.72. The Balaban J connectivity index is 1.59. The first-order chi connectivity index (χ1) is 15.4. The van der Waals surface area contributed by atoms with Gasteiger partial charge in [-0.15, -0.1) is 11.3 Å². The fourth-order valence-electron chi connectivity index (χ4n) is 4.17. The van der Waals surface area contributed by atoms with Crippen LogP contribution in [0.2, 0.25) is 0 Å². The number of hydrogen-bond acceptors (Lipinski definition) is 5. The largest absolute Gasteiger partial charge is 0.497 e. The Morgan fingerprint density at radius 2 is 1.81 bits per heavy atom. The van der Waals surface area contributed by atoms with Crippen molar-refractivity contribution in [3.8, 4) is 5.75 Å². The van der Waals surface area contributed by atoms with Gasteiger partial charge < -0.3 is 10.1 Å². The topological polar surface area (TPSA) is 75.7 Å². The lowest BCUT2D eigenvalue weighted by Gasteiger charge is -2.23. The van der Waals surface area contributed by atoms with Crippen LogP contribution in [0.4, 0.5) is 5.69 Å². The Morgan fingerprint density at radius 1 is 1.09 bits per heavy atom. The summed E-state index contributed by atoms with van der Waals surface area (Å²) in [6.45, 7) is 2.10. The van der Waals surface area contributed by atoms with Crippen LogP contribution in [0.5, 0.6) is 5.75 Å². The molecule has 170 valence electrons. The SMILES string of the molecule is CCN(c1ccc2sc(C(=O)NC3CCCCC3)cc2c1)S(=O)(=O)c1ccc(OC)cc1. The molecule has 2 aromatic carbocycles. The minimum absolute atomic E-state index is 0.0437. The highest BCUT2D eigenvalue weighted by atomic mass is 32.2. The number of hydrogen-bond donors (Lipinski definition) is 1. The zero-order valence-corrected chi connectivity index (χ0v) is 20.0.